The van der Waals surface area contributed by atoms with Gasteiger partial charge in [-0.05, 0) is 112 Å². The number of fused-ring (bicyclic) bond motifs is 5. The fourth-order valence-electron chi connectivity index (χ4n) is 8.22. The van der Waals surface area contributed by atoms with E-state index in [4.69, 9.17) is 9.47 Å². The largest absolute Gasteiger partial charge is 0.469 e. The molecule has 4 aliphatic carbocycles. The number of methoxy groups -OCH3 is 1. The molecule has 0 heterocycles. The summed E-state index contributed by atoms with van der Waals surface area (Å²) < 4.78 is 10.4. The number of carbonyl (C=O) groups is 2. The number of hydrogen-bond acceptors (Lipinski definition) is 4. The third kappa shape index (κ3) is 4.37. The van der Waals surface area contributed by atoms with E-state index in [-0.39, 0.29) is 18.0 Å². The van der Waals surface area contributed by atoms with Gasteiger partial charge in [-0.2, -0.15) is 0 Å². The molecular weight excluding hydrogens is 364 g/mol. The van der Waals surface area contributed by atoms with Gasteiger partial charge in [0.25, 0.3) is 0 Å². The average Bonchev–Trinajstić information content (AvgIpc) is 3.15. The molecule has 9 atom stereocenters. The van der Waals surface area contributed by atoms with Crippen molar-refractivity contribution in [2.24, 2.45) is 47.3 Å². The minimum absolute atomic E-state index is 0.0576. The minimum Gasteiger partial charge on any atom is -0.469 e. The fourth-order valence-corrected chi connectivity index (χ4v) is 8.22. The molecule has 0 saturated heterocycles. The van der Waals surface area contributed by atoms with Crippen molar-refractivity contribution in [3.05, 3.63) is 0 Å². The van der Waals surface area contributed by atoms with Crippen LogP contribution in [0.2, 0.25) is 0 Å². The van der Waals surface area contributed by atoms with Gasteiger partial charge >= 0.3 is 11.9 Å². The van der Waals surface area contributed by atoms with Gasteiger partial charge in [0.1, 0.15) is 6.10 Å². The highest BCUT2D eigenvalue weighted by Crippen LogP contribution is 2.60. The zero-order valence-corrected chi connectivity index (χ0v) is 18.6. The first-order valence-corrected chi connectivity index (χ1v) is 12.2. The lowest BCUT2D eigenvalue weighted by Crippen LogP contribution is -2.46. The van der Waals surface area contributed by atoms with E-state index in [1.807, 2.05) is 0 Å². The number of ether oxygens (including phenoxy) is 2. The van der Waals surface area contributed by atoms with Crippen molar-refractivity contribution in [1.82, 2.24) is 0 Å². The van der Waals surface area contributed by atoms with Crippen LogP contribution in [0.15, 0.2) is 0 Å². The first-order valence-electron chi connectivity index (χ1n) is 12.2. The van der Waals surface area contributed by atoms with E-state index in [9.17, 15) is 9.59 Å². The second-order valence-electron chi connectivity index (χ2n) is 10.6. The van der Waals surface area contributed by atoms with E-state index in [0.29, 0.717) is 12.3 Å². The molecule has 4 aliphatic rings. The first kappa shape index (κ1) is 21.2. The van der Waals surface area contributed by atoms with Crippen LogP contribution in [0.1, 0.15) is 84.5 Å². The van der Waals surface area contributed by atoms with E-state index in [1.54, 1.807) is 6.92 Å². The van der Waals surface area contributed by atoms with Crippen LogP contribution < -0.4 is 0 Å². The standard InChI is InChI=1S/C25H40O4/c1-15(4-13-25(27)28-3)19-9-10-24-21(19)11-12-22-20-8-6-18(29-16(2)26)14-17(20)5-7-23(22)24/h15,17-24H,4-14H2,1-3H3/t15-,17-,18-,19-,20+,21+,22+,23+,24+/m0/s1. The second kappa shape index (κ2) is 8.98. The summed E-state index contributed by atoms with van der Waals surface area (Å²) >= 11 is 0. The summed E-state index contributed by atoms with van der Waals surface area (Å²) in [5.74, 6) is 6.58. The van der Waals surface area contributed by atoms with Crippen molar-refractivity contribution in [2.75, 3.05) is 7.11 Å². The van der Waals surface area contributed by atoms with Crippen molar-refractivity contribution in [2.45, 2.75) is 90.6 Å². The van der Waals surface area contributed by atoms with Gasteiger partial charge in [-0.15, -0.1) is 0 Å². The van der Waals surface area contributed by atoms with Crippen LogP contribution in [0.4, 0.5) is 0 Å². The third-order valence-corrected chi connectivity index (χ3v) is 9.38. The molecule has 0 aromatic heterocycles. The zero-order valence-electron chi connectivity index (χ0n) is 18.6. The Labute approximate surface area is 176 Å². The Morgan fingerprint density at radius 3 is 2.24 bits per heavy atom. The Hall–Kier alpha value is -1.06. The van der Waals surface area contributed by atoms with Gasteiger partial charge in [-0.3, -0.25) is 9.59 Å². The maximum absolute atomic E-state index is 11.6. The van der Waals surface area contributed by atoms with Crippen molar-refractivity contribution in [1.29, 1.82) is 0 Å². The van der Waals surface area contributed by atoms with Crippen molar-refractivity contribution < 1.29 is 19.1 Å². The Kier molecular flexibility index (Phi) is 6.56. The van der Waals surface area contributed by atoms with Crippen LogP contribution >= 0.6 is 0 Å². The highest BCUT2D eigenvalue weighted by atomic mass is 16.5. The maximum atomic E-state index is 11.6. The van der Waals surface area contributed by atoms with Gasteiger partial charge in [-0.1, -0.05) is 6.92 Å². The van der Waals surface area contributed by atoms with Crippen molar-refractivity contribution in [3.8, 4) is 0 Å². The Balaban J connectivity index is 1.35. The van der Waals surface area contributed by atoms with Gasteiger partial charge in [0.15, 0.2) is 0 Å². The number of rotatable bonds is 5. The number of carbonyl (C=O) groups excluding carboxylic acids is 2. The molecule has 4 heteroatoms. The van der Waals surface area contributed by atoms with E-state index in [1.165, 1.54) is 52.1 Å². The highest BCUT2D eigenvalue weighted by Gasteiger charge is 2.52. The van der Waals surface area contributed by atoms with Crippen LogP contribution in [0.5, 0.6) is 0 Å². The molecule has 0 aliphatic heterocycles. The summed E-state index contributed by atoms with van der Waals surface area (Å²) in [4.78, 5) is 22.9. The van der Waals surface area contributed by atoms with Crippen LogP contribution in [-0.2, 0) is 19.1 Å². The smallest absolute Gasteiger partial charge is 0.305 e. The van der Waals surface area contributed by atoms with Crippen LogP contribution in [-0.4, -0.2) is 25.2 Å². The highest BCUT2D eigenvalue weighted by molar-refractivity contribution is 5.69. The second-order valence-corrected chi connectivity index (χ2v) is 10.6. The number of esters is 2. The van der Waals surface area contributed by atoms with E-state index >= 15 is 0 Å². The van der Waals surface area contributed by atoms with Crippen LogP contribution in [0, 0.1) is 47.3 Å². The van der Waals surface area contributed by atoms with Gasteiger partial charge in [0, 0.05) is 13.3 Å². The fraction of sp³-hybridized carbons (Fsp3) is 0.920. The lowest BCUT2D eigenvalue weighted by atomic mass is 9.53. The molecule has 29 heavy (non-hydrogen) atoms. The topological polar surface area (TPSA) is 52.6 Å². The van der Waals surface area contributed by atoms with Crippen molar-refractivity contribution >= 4 is 11.9 Å². The SMILES string of the molecule is COC(=O)CC[C@H](C)[C@@H]1CC[C@H]2[C@@H]3CC[C@H]4C[C@@H](OC(C)=O)CC[C@H]4[C@H]3CC[C@@H]21. The summed E-state index contributed by atoms with van der Waals surface area (Å²) in [6.07, 6.45) is 13.5. The summed E-state index contributed by atoms with van der Waals surface area (Å²) in [5.41, 5.74) is 0. The summed E-state index contributed by atoms with van der Waals surface area (Å²) in [6.45, 7) is 3.92. The van der Waals surface area contributed by atoms with Gasteiger partial charge in [0.2, 0.25) is 0 Å². The quantitative estimate of drug-likeness (QED) is 0.577. The summed E-state index contributed by atoms with van der Waals surface area (Å²) in [6, 6.07) is 0. The van der Waals surface area contributed by atoms with Gasteiger partial charge < -0.3 is 9.47 Å². The lowest BCUT2D eigenvalue weighted by molar-refractivity contribution is -0.151. The molecule has 0 N–H and O–H groups in total. The average molecular weight is 405 g/mol. The first-order chi connectivity index (χ1) is 14.0. The maximum Gasteiger partial charge on any atom is 0.305 e. The molecule has 0 aromatic rings. The Bertz CT molecular complexity index is 602. The molecule has 4 saturated carbocycles. The summed E-state index contributed by atoms with van der Waals surface area (Å²) in [5, 5.41) is 0. The molecule has 0 bridgehead atoms. The molecule has 4 rings (SSSR count). The number of hydrogen-bond donors (Lipinski definition) is 0. The summed E-state index contributed by atoms with van der Waals surface area (Å²) in [7, 11) is 1.50. The zero-order chi connectivity index (χ0) is 20.5. The predicted octanol–water partition coefficient (Wildman–Crippen LogP) is 5.39. The van der Waals surface area contributed by atoms with Gasteiger partial charge in [-0.25, -0.2) is 0 Å². The molecule has 0 radical (unpaired) electrons. The Morgan fingerprint density at radius 2 is 1.48 bits per heavy atom. The Morgan fingerprint density at radius 1 is 0.862 bits per heavy atom. The third-order valence-electron chi connectivity index (χ3n) is 9.38. The van der Waals surface area contributed by atoms with Crippen LogP contribution in [0.25, 0.3) is 0 Å². The van der Waals surface area contributed by atoms with E-state index in [2.05, 4.69) is 6.92 Å². The molecule has 0 unspecified atom stereocenters. The van der Waals surface area contributed by atoms with E-state index < -0.39 is 0 Å². The molecule has 0 spiro atoms. The molecule has 164 valence electrons. The molecule has 0 amide bonds. The monoisotopic (exact) mass is 404 g/mol. The predicted molar refractivity (Wildman–Crippen MR) is 112 cm³/mol. The normalized spacial score (nSPS) is 42.2. The van der Waals surface area contributed by atoms with Gasteiger partial charge in [0.05, 0.1) is 7.11 Å². The van der Waals surface area contributed by atoms with Crippen molar-refractivity contribution in [3.63, 3.8) is 0 Å². The lowest BCUT2D eigenvalue weighted by Gasteiger charge is -2.53. The molecule has 0 aromatic carbocycles. The molecule has 4 nitrogen and oxygen atoms in total. The van der Waals surface area contributed by atoms with Crippen LogP contribution in [0.3, 0.4) is 0 Å². The molecule has 4 fully saturated rings. The minimum atomic E-state index is -0.110. The van der Waals surface area contributed by atoms with E-state index in [0.717, 1.165) is 60.7 Å². The molecular formula is C25H40O4.